The lowest BCUT2D eigenvalue weighted by molar-refractivity contribution is 0.186. The summed E-state index contributed by atoms with van der Waals surface area (Å²) in [6.07, 6.45) is 7.65. The van der Waals surface area contributed by atoms with E-state index in [0.717, 1.165) is 0 Å². The van der Waals surface area contributed by atoms with Crippen molar-refractivity contribution in [2.24, 2.45) is 5.73 Å². The van der Waals surface area contributed by atoms with Crippen LogP contribution in [0.3, 0.4) is 0 Å². The second-order valence-electron chi connectivity index (χ2n) is 4.27. The summed E-state index contributed by atoms with van der Waals surface area (Å²) in [5, 5.41) is 0. The molecule has 1 atom stereocenters. The molecule has 0 radical (unpaired) electrons. The highest BCUT2D eigenvalue weighted by atomic mass is 15.1. The summed E-state index contributed by atoms with van der Waals surface area (Å²) in [6.45, 7) is 1.78. The van der Waals surface area contributed by atoms with E-state index in [-0.39, 0.29) is 0 Å². The van der Waals surface area contributed by atoms with Crippen LogP contribution in [0.1, 0.15) is 36.4 Å². The highest BCUT2D eigenvalue weighted by Crippen LogP contribution is 2.30. The van der Waals surface area contributed by atoms with Crippen molar-refractivity contribution in [3.05, 3.63) is 29.6 Å². The molecule has 1 aromatic rings. The van der Waals surface area contributed by atoms with Gasteiger partial charge in [0.1, 0.15) is 0 Å². The lowest BCUT2D eigenvalue weighted by Gasteiger charge is -2.33. The van der Waals surface area contributed by atoms with Crippen molar-refractivity contribution in [2.45, 2.75) is 31.8 Å². The number of nitrogens with two attached hydrogens (primary N) is 1. The van der Waals surface area contributed by atoms with Crippen molar-refractivity contribution < 1.29 is 0 Å². The van der Waals surface area contributed by atoms with E-state index in [1.807, 2.05) is 12.4 Å². The van der Waals surface area contributed by atoms with Gasteiger partial charge in [-0.25, -0.2) is 0 Å². The first kappa shape index (κ1) is 10.6. The van der Waals surface area contributed by atoms with Gasteiger partial charge < -0.3 is 5.73 Å². The van der Waals surface area contributed by atoms with Gasteiger partial charge in [0.2, 0.25) is 0 Å². The molecule has 0 bridgehead atoms. The monoisotopic (exact) mass is 205 g/mol. The van der Waals surface area contributed by atoms with E-state index in [4.69, 9.17) is 5.73 Å². The number of hydrogen-bond donors (Lipinski definition) is 1. The molecule has 15 heavy (non-hydrogen) atoms. The Balaban J connectivity index is 2.26. The van der Waals surface area contributed by atoms with Gasteiger partial charge in [-0.3, -0.25) is 9.88 Å². The summed E-state index contributed by atoms with van der Waals surface area (Å²) in [6, 6.07) is 2.66. The number of rotatable bonds is 2. The number of pyridine rings is 1. The molecule has 0 aliphatic carbocycles. The van der Waals surface area contributed by atoms with E-state index in [1.165, 1.54) is 36.9 Å². The largest absolute Gasteiger partial charge is 0.326 e. The summed E-state index contributed by atoms with van der Waals surface area (Å²) < 4.78 is 0. The molecule has 0 amide bonds. The van der Waals surface area contributed by atoms with E-state index >= 15 is 0 Å². The molecule has 82 valence electrons. The number of hydrogen-bond acceptors (Lipinski definition) is 3. The fourth-order valence-electron chi connectivity index (χ4n) is 2.40. The van der Waals surface area contributed by atoms with Gasteiger partial charge in [0, 0.05) is 25.0 Å². The summed E-state index contributed by atoms with van der Waals surface area (Å²) in [7, 11) is 2.20. The Morgan fingerprint density at radius 2 is 2.40 bits per heavy atom. The molecule has 3 heteroatoms. The number of aromatic nitrogens is 1. The number of likely N-dealkylation sites (tertiary alicyclic amines) is 1. The van der Waals surface area contributed by atoms with E-state index < -0.39 is 0 Å². The first-order chi connectivity index (χ1) is 7.33. The Labute approximate surface area is 91.3 Å². The van der Waals surface area contributed by atoms with Crippen LogP contribution in [0.2, 0.25) is 0 Å². The highest BCUT2D eigenvalue weighted by Gasteiger charge is 2.22. The van der Waals surface area contributed by atoms with Crippen molar-refractivity contribution in [2.75, 3.05) is 13.6 Å². The maximum absolute atomic E-state index is 5.74. The zero-order valence-corrected chi connectivity index (χ0v) is 9.32. The highest BCUT2D eigenvalue weighted by molar-refractivity contribution is 5.27. The molecule has 1 saturated heterocycles. The first-order valence-electron chi connectivity index (χ1n) is 5.66. The van der Waals surface area contributed by atoms with E-state index in [9.17, 15) is 0 Å². The minimum Gasteiger partial charge on any atom is -0.326 e. The van der Waals surface area contributed by atoms with Gasteiger partial charge in [-0.05, 0) is 43.6 Å². The third kappa shape index (κ3) is 2.19. The SMILES string of the molecule is CN1CCCCC1c1ccncc1CN. The maximum atomic E-state index is 5.74. The summed E-state index contributed by atoms with van der Waals surface area (Å²) in [5.41, 5.74) is 8.31. The van der Waals surface area contributed by atoms with Crippen molar-refractivity contribution in [3.63, 3.8) is 0 Å². The molecule has 1 aliphatic rings. The Hall–Kier alpha value is -0.930. The molecule has 1 aliphatic heterocycles. The second-order valence-corrected chi connectivity index (χ2v) is 4.27. The van der Waals surface area contributed by atoms with Gasteiger partial charge in [0.25, 0.3) is 0 Å². The topological polar surface area (TPSA) is 42.2 Å². The number of piperidine rings is 1. The molecule has 2 rings (SSSR count). The summed E-state index contributed by atoms with van der Waals surface area (Å²) in [5.74, 6) is 0. The molecule has 1 fully saturated rings. The molecule has 0 aromatic carbocycles. The fourth-order valence-corrected chi connectivity index (χ4v) is 2.40. The molecule has 2 heterocycles. The lowest BCUT2D eigenvalue weighted by atomic mass is 9.93. The van der Waals surface area contributed by atoms with Crippen LogP contribution in [0.15, 0.2) is 18.5 Å². The molecule has 1 unspecified atom stereocenters. The van der Waals surface area contributed by atoms with Crippen LogP contribution < -0.4 is 5.73 Å². The minimum atomic E-state index is 0.542. The quantitative estimate of drug-likeness (QED) is 0.799. The normalized spacial score (nSPS) is 22.9. The minimum absolute atomic E-state index is 0.542. The van der Waals surface area contributed by atoms with Gasteiger partial charge in [0.05, 0.1) is 0 Å². The lowest BCUT2D eigenvalue weighted by Crippen LogP contribution is -2.30. The Kier molecular flexibility index (Phi) is 3.34. The average Bonchev–Trinajstić information content (AvgIpc) is 2.30. The van der Waals surface area contributed by atoms with Crippen LogP contribution in [-0.4, -0.2) is 23.5 Å². The Morgan fingerprint density at radius 3 is 3.13 bits per heavy atom. The van der Waals surface area contributed by atoms with Crippen molar-refractivity contribution in [3.8, 4) is 0 Å². The Morgan fingerprint density at radius 1 is 1.53 bits per heavy atom. The molecular formula is C12H19N3. The first-order valence-corrected chi connectivity index (χ1v) is 5.66. The third-order valence-corrected chi connectivity index (χ3v) is 3.29. The van der Waals surface area contributed by atoms with Gasteiger partial charge in [-0.1, -0.05) is 6.42 Å². The zero-order chi connectivity index (χ0) is 10.7. The van der Waals surface area contributed by atoms with Crippen molar-refractivity contribution in [1.29, 1.82) is 0 Å². The van der Waals surface area contributed by atoms with Gasteiger partial charge >= 0.3 is 0 Å². The van der Waals surface area contributed by atoms with E-state index in [0.29, 0.717) is 12.6 Å². The molecular weight excluding hydrogens is 186 g/mol. The summed E-state index contributed by atoms with van der Waals surface area (Å²) >= 11 is 0. The summed E-state index contributed by atoms with van der Waals surface area (Å²) in [4.78, 5) is 6.57. The Bertz CT molecular complexity index is 324. The molecule has 0 saturated carbocycles. The molecule has 0 spiro atoms. The predicted octanol–water partition coefficient (Wildman–Crippen LogP) is 1.70. The standard InChI is InChI=1S/C12H19N3/c1-15-7-3-2-4-12(15)11-5-6-14-9-10(11)8-13/h5-6,9,12H,2-4,7-8,13H2,1H3. The van der Waals surface area contributed by atoms with Crippen LogP contribution in [0, 0.1) is 0 Å². The second kappa shape index (κ2) is 4.73. The van der Waals surface area contributed by atoms with Crippen LogP contribution in [0.4, 0.5) is 0 Å². The molecule has 3 nitrogen and oxygen atoms in total. The van der Waals surface area contributed by atoms with Crippen LogP contribution in [-0.2, 0) is 6.54 Å². The van der Waals surface area contributed by atoms with Gasteiger partial charge in [-0.15, -0.1) is 0 Å². The van der Waals surface area contributed by atoms with Crippen molar-refractivity contribution in [1.82, 2.24) is 9.88 Å². The van der Waals surface area contributed by atoms with Crippen LogP contribution >= 0.6 is 0 Å². The maximum Gasteiger partial charge on any atom is 0.0349 e. The van der Waals surface area contributed by atoms with Crippen LogP contribution in [0.25, 0.3) is 0 Å². The average molecular weight is 205 g/mol. The predicted molar refractivity (Wildman–Crippen MR) is 61.4 cm³/mol. The molecule has 2 N–H and O–H groups in total. The zero-order valence-electron chi connectivity index (χ0n) is 9.32. The third-order valence-electron chi connectivity index (χ3n) is 3.29. The van der Waals surface area contributed by atoms with Crippen molar-refractivity contribution >= 4 is 0 Å². The fraction of sp³-hybridized carbons (Fsp3) is 0.583. The molecule has 1 aromatic heterocycles. The van der Waals surface area contributed by atoms with Gasteiger partial charge in [0.15, 0.2) is 0 Å². The van der Waals surface area contributed by atoms with E-state index in [2.05, 4.69) is 23.0 Å². The van der Waals surface area contributed by atoms with Gasteiger partial charge in [-0.2, -0.15) is 0 Å². The number of nitrogens with zero attached hydrogens (tertiary/aromatic N) is 2. The smallest absolute Gasteiger partial charge is 0.0349 e. The van der Waals surface area contributed by atoms with E-state index in [1.54, 1.807) is 0 Å². The van der Waals surface area contributed by atoms with Crippen LogP contribution in [0.5, 0.6) is 0 Å².